The molecule has 4 rings (SSSR count). The number of para-hydroxylation sites is 1. The number of thioether (sulfide) groups is 1. The van der Waals surface area contributed by atoms with Crippen molar-refractivity contribution in [2.45, 2.75) is 33.1 Å². The van der Waals surface area contributed by atoms with Gasteiger partial charge in [0.1, 0.15) is 10.1 Å². The molecule has 2 aromatic carbocycles. The van der Waals surface area contributed by atoms with Crippen molar-refractivity contribution in [1.82, 2.24) is 14.7 Å². The topological polar surface area (TPSA) is 56.6 Å². The Morgan fingerprint density at radius 2 is 1.81 bits per heavy atom. The van der Waals surface area contributed by atoms with Crippen molar-refractivity contribution in [3.63, 3.8) is 0 Å². The molecule has 1 fully saturated rings. The summed E-state index contributed by atoms with van der Waals surface area (Å²) in [5.41, 5.74) is 3.54. The maximum Gasteiger partial charge on any atom is 0.266 e. The van der Waals surface area contributed by atoms with Gasteiger partial charge in [-0.25, -0.2) is 4.68 Å². The Morgan fingerprint density at radius 1 is 1.03 bits per heavy atom. The average molecular weight is 522 g/mol. The van der Waals surface area contributed by atoms with Crippen LogP contribution in [0, 0.1) is 0 Å². The molecule has 1 amide bonds. The van der Waals surface area contributed by atoms with Crippen molar-refractivity contribution in [1.29, 1.82) is 0 Å². The molecule has 0 radical (unpaired) electrons. The lowest BCUT2D eigenvalue weighted by atomic mass is 10.1. The lowest BCUT2D eigenvalue weighted by Crippen LogP contribution is -2.29. The van der Waals surface area contributed by atoms with Gasteiger partial charge in [-0.3, -0.25) is 9.69 Å². The summed E-state index contributed by atoms with van der Waals surface area (Å²) in [5, 5.41) is 4.88. The summed E-state index contributed by atoms with van der Waals surface area (Å²) in [5.74, 6) is 0.767. The molecule has 0 atom stereocenters. The molecule has 0 aliphatic carbocycles. The Bertz CT molecular complexity index is 1210. The Hall–Kier alpha value is -2.94. The maximum atomic E-state index is 13.1. The summed E-state index contributed by atoms with van der Waals surface area (Å²) in [4.78, 5) is 15.4. The van der Waals surface area contributed by atoms with Gasteiger partial charge in [0.2, 0.25) is 0 Å². The van der Waals surface area contributed by atoms with Gasteiger partial charge in [-0.05, 0) is 62.2 Å². The van der Waals surface area contributed by atoms with Gasteiger partial charge in [-0.2, -0.15) is 5.10 Å². The SMILES string of the molecule is CCCCOc1ccc(-c2nn(-c3ccccc3)cc2C=C2SC(=S)N(CCCOCC)C2=O)cc1. The van der Waals surface area contributed by atoms with Crippen molar-refractivity contribution >= 4 is 40.3 Å². The molecule has 0 bridgehead atoms. The third kappa shape index (κ3) is 6.43. The van der Waals surface area contributed by atoms with E-state index in [0.29, 0.717) is 35.6 Å². The first-order valence-corrected chi connectivity index (χ1v) is 13.5. The van der Waals surface area contributed by atoms with Crippen molar-refractivity contribution in [3.8, 4) is 22.7 Å². The number of carbonyl (C=O) groups is 1. The Balaban J connectivity index is 1.62. The van der Waals surface area contributed by atoms with Gasteiger partial charge in [0.15, 0.2) is 0 Å². The van der Waals surface area contributed by atoms with E-state index in [-0.39, 0.29) is 5.91 Å². The van der Waals surface area contributed by atoms with Gasteiger partial charge < -0.3 is 9.47 Å². The second-order valence-corrected chi connectivity index (χ2v) is 10.00. The van der Waals surface area contributed by atoms with Crippen molar-refractivity contribution in [3.05, 3.63) is 71.3 Å². The van der Waals surface area contributed by atoms with Gasteiger partial charge in [-0.1, -0.05) is 55.5 Å². The number of aromatic nitrogens is 2. The molecule has 2 heterocycles. The minimum atomic E-state index is -0.0698. The molecule has 8 heteroatoms. The van der Waals surface area contributed by atoms with E-state index in [9.17, 15) is 4.79 Å². The molecule has 1 saturated heterocycles. The highest BCUT2D eigenvalue weighted by Gasteiger charge is 2.32. The third-order valence-corrected chi connectivity index (χ3v) is 7.07. The van der Waals surface area contributed by atoms with Crippen LogP contribution in [0.1, 0.15) is 38.7 Å². The van der Waals surface area contributed by atoms with Crippen LogP contribution in [0.5, 0.6) is 5.75 Å². The number of hydrogen-bond donors (Lipinski definition) is 0. The molecular weight excluding hydrogens is 490 g/mol. The van der Waals surface area contributed by atoms with Gasteiger partial charge in [0.25, 0.3) is 5.91 Å². The molecule has 1 aliphatic rings. The van der Waals surface area contributed by atoms with E-state index >= 15 is 0 Å². The second-order valence-electron chi connectivity index (χ2n) is 8.32. The first-order valence-electron chi connectivity index (χ1n) is 12.3. The predicted octanol–water partition coefficient (Wildman–Crippen LogP) is 6.35. The van der Waals surface area contributed by atoms with Crippen molar-refractivity contribution < 1.29 is 14.3 Å². The van der Waals surface area contributed by atoms with Crippen LogP contribution in [0.25, 0.3) is 23.0 Å². The standard InChI is InChI=1S/C28H31N3O3S2/c1-3-5-18-34-24-14-12-21(13-15-24)26-22(20-31(29-26)23-10-7-6-8-11-23)19-25-27(32)30(28(35)36-25)16-9-17-33-4-2/h6-8,10-15,19-20H,3-5,9,16-18H2,1-2H3. The molecule has 1 aromatic heterocycles. The van der Waals surface area contributed by atoms with Crippen LogP contribution < -0.4 is 4.74 Å². The van der Waals surface area contributed by atoms with Crippen molar-refractivity contribution in [2.24, 2.45) is 0 Å². The zero-order valence-corrected chi connectivity index (χ0v) is 22.3. The van der Waals surface area contributed by atoms with Gasteiger partial charge >= 0.3 is 0 Å². The number of amides is 1. The minimum absolute atomic E-state index is 0.0698. The summed E-state index contributed by atoms with van der Waals surface area (Å²) in [6.07, 6.45) is 6.72. The summed E-state index contributed by atoms with van der Waals surface area (Å²) in [7, 11) is 0. The lowest BCUT2D eigenvalue weighted by molar-refractivity contribution is -0.122. The van der Waals surface area contributed by atoms with E-state index in [0.717, 1.165) is 47.5 Å². The lowest BCUT2D eigenvalue weighted by Gasteiger charge is -2.13. The molecule has 36 heavy (non-hydrogen) atoms. The number of thiocarbonyl (C=S) groups is 1. The fourth-order valence-corrected chi connectivity index (χ4v) is 5.08. The fourth-order valence-electron chi connectivity index (χ4n) is 3.78. The Labute approximate surface area is 222 Å². The quantitative estimate of drug-likeness (QED) is 0.157. The average Bonchev–Trinajstić information content (AvgIpc) is 3.44. The highest BCUT2D eigenvalue weighted by molar-refractivity contribution is 8.26. The van der Waals surface area contributed by atoms with Gasteiger partial charge in [0.05, 0.1) is 22.9 Å². The van der Waals surface area contributed by atoms with E-state index in [1.807, 2.05) is 78.5 Å². The van der Waals surface area contributed by atoms with Gasteiger partial charge in [0, 0.05) is 37.1 Å². The third-order valence-electron chi connectivity index (χ3n) is 5.69. The number of rotatable bonds is 12. The largest absolute Gasteiger partial charge is 0.494 e. The maximum absolute atomic E-state index is 13.1. The molecule has 188 valence electrons. The fraction of sp³-hybridized carbons (Fsp3) is 0.321. The smallest absolute Gasteiger partial charge is 0.266 e. The summed E-state index contributed by atoms with van der Waals surface area (Å²) >= 11 is 6.84. The molecule has 0 saturated carbocycles. The predicted molar refractivity (Wildman–Crippen MR) is 150 cm³/mol. The number of benzene rings is 2. The van der Waals surface area contributed by atoms with Crippen LogP contribution in [-0.2, 0) is 9.53 Å². The Morgan fingerprint density at radius 3 is 2.53 bits per heavy atom. The zero-order chi connectivity index (χ0) is 25.3. The molecule has 3 aromatic rings. The number of carbonyl (C=O) groups excluding carboxylic acids is 1. The van der Waals surface area contributed by atoms with E-state index in [1.165, 1.54) is 11.8 Å². The van der Waals surface area contributed by atoms with Crippen LogP contribution in [0.2, 0.25) is 0 Å². The normalized spacial score (nSPS) is 14.7. The summed E-state index contributed by atoms with van der Waals surface area (Å²) in [6.45, 7) is 6.64. The van der Waals surface area contributed by atoms with Crippen LogP contribution >= 0.6 is 24.0 Å². The van der Waals surface area contributed by atoms with Gasteiger partial charge in [-0.15, -0.1) is 0 Å². The summed E-state index contributed by atoms with van der Waals surface area (Å²) in [6, 6.07) is 17.9. The highest BCUT2D eigenvalue weighted by atomic mass is 32.2. The summed E-state index contributed by atoms with van der Waals surface area (Å²) < 4.78 is 13.6. The second kappa shape index (κ2) is 12.9. The van der Waals surface area contributed by atoms with E-state index in [4.69, 9.17) is 26.8 Å². The van der Waals surface area contributed by atoms with E-state index in [1.54, 1.807) is 4.90 Å². The number of ether oxygens (including phenoxy) is 2. The number of nitrogens with zero attached hydrogens (tertiary/aromatic N) is 3. The van der Waals surface area contributed by atoms with Crippen LogP contribution in [0.4, 0.5) is 0 Å². The highest BCUT2D eigenvalue weighted by Crippen LogP contribution is 2.35. The molecule has 0 unspecified atom stereocenters. The first-order chi connectivity index (χ1) is 17.6. The molecule has 1 aliphatic heterocycles. The molecule has 6 nitrogen and oxygen atoms in total. The molecule has 0 spiro atoms. The minimum Gasteiger partial charge on any atom is -0.494 e. The zero-order valence-electron chi connectivity index (χ0n) is 20.7. The van der Waals surface area contributed by atoms with Crippen LogP contribution in [0.3, 0.4) is 0 Å². The monoisotopic (exact) mass is 521 g/mol. The van der Waals surface area contributed by atoms with Crippen molar-refractivity contribution in [2.75, 3.05) is 26.4 Å². The van der Waals surface area contributed by atoms with Crippen LogP contribution in [0.15, 0.2) is 65.7 Å². The van der Waals surface area contributed by atoms with E-state index in [2.05, 4.69) is 6.92 Å². The molecular formula is C28H31N3O3S2. The van der Waals surface area contributed by atoms with E-state index < -0.39 is 0 Å². The molecule has 0 N–H and O–H groups in total. The van der Waals surface area contributed by atoms with Crippen LogP contribution in [-0.4, -0.2) is 51.3 Å². The Kier molecular flexibility index (Phi) is 9.33. The number of unbranched alkanes of at least 4 members (excludes halogenated alkanes) is 1. The first kappa shape index (κ1) is 26.1. The number of hydrogen-bond acceptors (Lipinski definition) is 6.